The van der Waals surface area contributed by atoms with Crippen LogP contribution >= 0.6 is 11.3 Å². The topological polar surface area (TPSA) is 63.4 Å². The summed E-state index contributed by atoms with van der Waals surface area (Å²) in [5.41, 5.74) is 7.38. The number of hydrogen-bond acceptors (Lipinski definition) is 3. The van der Waals surface area contributed by atoms with Crippen LogP contribution in [-0.4, -0.2) is 29.8 Å². The fourth-order valence-corrected chi connectivity index (χ4v) is 4.35. The fourth-order valence-electron chi connectivity index (χ4n) is 3.62. The van der Waals surface area contributed by atoms with Crippen LogP contribution in [0.15, 0.2) is 41.8 Å². The average Bonchev–Trinajstić information content (AvgIpc) is 3.25. The van der Waals surface area contributed by atoms with Gasteiger partial charge in [0.1, 0.15) is 0 Å². The summed E-state index contributed by atoms with van der Waals surface area (Å²) in [6.07, 6.45) is 1.74. The van der Waals surface area contributed by atoms with Gasteiger partial charge in [0.2, 0.25) is 11.8 Å². The molecule has 1 aromatic heterocycles. The molecule has 0 radical (unpaired) electrons. The van der Waals surface area contributed by atoms with E-state index in [1.165, 1.54) is 10.4 Å². The van der Waals surface area contributed by atoms with Crippen molar-refractivity contribution < 1.29 is 9.59 Å². The molecule has 1 saturated heterocycles. The van der Waals surface area contributed by atoms with Gasteiger partial charge in [-0.05, 0) is 41.3 Å². The molecule has 1 atom stereocenters. The Bertz CT molecular complexity index is 768. The predicted molar refractivity (Wildman–Crippen MR) is 106 cm³/mol. The van der Waals surface area contributed by atoms with Crippen molar-refractivity contribution in [1.29, 1.82) is 0 Å². The van der Waals surface area contributed by atoms with Crippen LogP contribution in [0.3, 0.4) is 0 Å². The van der Waals surface area contributed by atoms with Gasteiger partial charge in [0.05, 0.1) is 5.41 Å². The van der Waals surface area contributed by atoms with Crippen molar-refractivity contribution in [2.45, 2.75) is 33.1 Å². The minimum absolute atomic E-state index is 0.121. The molecule has 0 aliphatic carbocycles. The lowest BCUT2D eigenvalue weighted by Gasteiger charge is -2.26. The number of hydrogen-bond donors (Lipinski definition) is 1. The number of carbonyl (C=O) groups excluding carboxylic acids is 2. The van der Waals surface area contributed by atoms with Gasteiger partial charge >= 0.3 is 0 Å². The van der Waals surface area contributed by atoms with Crippen LogP contribution < -0.4 is 5.73 Å². The molecule has 2 aromatic rings. The Morgan fingerprint density at radius 3 is 2.54 bits per heavy atom. The smallest absolute Gasteiger partial charge is 0.225 e. The van der Waals surface area contributed by atoms with Crippen molar-refractivity contribution in [3.63, 3.8) is 0 Å². The molecular formula is C21H26N2O2S. The summed E-state index contributed by atoms with van der Waals surface area (Å²) in [5.74, 6) is 0.131. The van der Waals surface area contributed by atoms with Crippen molar-refractivity contribution >= 4 is 23.2 Å². The number of amides is 2. The molecule has 0 unspecified atom stereocenters. The Balaban J connectivity index is 1.73. The Labute approximate surface area is 159 Å². The summed E-state index contributed by atoms with van der Waals surface area (Å²) in [6.45, 7) is 5.11. The van der Waals surface area contributed by atoms with Gasteiger partial charge in [0.15, 0.2) is 0 Å². The SMILES string of the molecule is CC(C)CC(=O)N1CC[C@@](Cc2ccc(-c3cccs3)cc2)(C(N)=O)C1. The van der Waals surface area contributed by atoms with Crippen LogP contribution in [0, 0.1) is 11.3 Å². The first-order chi connectivity index (χ1) is 12.4. The zero-order chi connectivity index (χ0) is 18.7. The van der Waals surface area contributed by atoms with E-state index < -0.39 is 5.41 Å². The molecule has 1 aliphatic rings. The van der Waals surface area contributed by atoms with E-state index in [2.05, 4.69) is 35.7 Å². The van der Waals surface area contributed by atoms with Crippen molar-refractivity contribution in [3.8, 4) is 10.4 Å². The van der Waals surface area contributed by atoms with E-state index in [4.69, 9.17) is 5.73 Å². The summed E-state index contributed by atoms with van der Waals surface area (Å²) in [5, 5.41) is 2.06. The molecule has 1 aliphatic heterocycles. The molecule has 1 fully saturated rings. The Hall–Kier alpha value is -2.14. The van der Waals surface area contributed by atoms with E-state index >= 15 is 0 Å². The van der Waals surface area contributed by atoms with Crippen LogP contribution in [0.5, 0.6) is 0 Å². The maximum absolute atomic E-state index is 12.4. The number of carbonyl (C=O) groups is 2. The molecule has 26 heavy (non-hydrogen) atoms. The summed E-state index contributed by atoms with van der Waals surface area (Å²) in [7, 11) is 0. The van der Waals surface area contributed by atoms with Crippen LogP contribution in [0.25, 0.3) is 10.4 Å². The average molecular weight is 371 g/mol. The van der Waals surface area contributed by atoms with Crippen LogP contribution in [0.2, 0.25) is 0 Å². The van der Waals surface area contributed by atoms with Gasteiger partial charge in [-0.3, -0.25) is 9.59 Å². The second-order valence-corrected chi connectivity index (χ2v) is 8.61. The number of nitrogens with zero attached hydrogens (tertiary/aromatic N) is 1. The normalized spacial score (nSPS) is 19.9. The molecule has 0 saturated carbocycles. The highest BCUT2D eigenvalue weighted by Crippen LogP contribution is 2.35. The molecule has 2 amide bonds. The van der Waals surface area contributed by atoms with Crippen LogP contribution in [0.4, 0.5) is 0 Å². The lowest BCUT2D eigenvalue weighted by molar-refractivity contribution is -0.132. The number of thiophene rings is 1. The quantitative estimate of drug-likeness (QED) is 0.842. The molecule has 2 N–H and O–H groups in total. The third-order valence-corrected chi connectivity index (χ3v) is 6.03. The number of nitrogens with two attached hydrogens (primary N) is 1. The predicted octanol–water partition coefficient (Wildman–Crippen LogP) is 3.71. The summed E-state index contributed by atoms with van der Waals surface area (Å²) >= 11 is 1.71. The van der Waals surface area contributed by atoms with Crippen LogP contribution in [-0.2, 0) is 16.0 Å². The first-order valence-electron chi connectivity index (χ1n) is 9.10. The molecule has 138 valence electrons. The van der Waals surface area contributed by atoms with Gasteiger partial charge in [-0.1, -0.05) is 44.2 Å². The third kappa shape index (κ3) is 3.98. The molecular weight excluding hydrogens is 344 g/mol. The zero-order valence-corrected chi connectivity index (χ0v) is 16.2. The van der Waals surface area contributed by atoms with Crippen LogP contribution in [0.1, 0.15) is 32.3 Å². The lowest BCUT2D eigenvalue weighted by Crippen LogP contribution is -2.42. The fraction of sp³-hybridized carbons (Fsp3) is 0.429. The Kier molecular flexibility index (Phi) is 5.47. The molecule has 4 nitrogen and oxygen atoms in total. The highest BCUT2D eigenvalue weighted by molar-refractivity contribution is 7.13. The number of rotatable bonds is 6. The first-order valence-corrected chi connectivity index (χ1v) is 9.98. The maximum Gasteiger partial charge on any atom is 0.225 e. The second kappa shape index (κ2) is 7.62. The highest BCUT2D eigenvalue weighted by Gasteiger charge is 2.44. The monoisotopic (exact) mass is 370 g/mol. The molecule has 0 spiro atoms. The third-order valence-electron chi connectivity index (χ3n) is 5.11. The number of likely N-dealkylation sites (tertiary alicyclic amines) is 1. The molecule has 2 heterocycles. The number of primary amides is 1. The summed E-state index contributed by atoms with van der Waals surface area (Å²) in [4.78, 5) is 27.7. The van der Waals surface area contributed by atoms with E-state index in [1.54, 1.807) is 11.3 Å². The van der Waals surface area contributed by atoms with Gasteiger partial charge in [0, 0.05) is 24.4 Å². The standard InChI is InChI=1S/C21H26N2O2S/c1-15(2)12-19(24)23-10-9-21(14-23,20(22)25)13-16-5-7-17(8-6-16)18-4-3-11-26-18/h3-8,11,15H,9-10,12-14H2,1-2H3,(H2,22,25)/t21-/m0/s1. The van der Waals surface area contributed by atoms with Crippen molar-refractivity contribution in [2.24, 2.45) is 17.1 Å². The first kappa shape index (κ1) is 18.6. The van der Waals surface area contributed by atoms with E-state index in [1.807, 2.05) is 24.8 Å². The minimum Gasteiger partial charge on any atom is -0.369 e. The van der Waals surface area contributed by atoms with E-state index in [-0.39, 0.29) is 11.8 Å². The second-order valence-electron chi connectivity index (χ2n) is 7.66. The lowest BCUT2D eigenvalue weighted by atomic mass is 9.80. The molecule has 3 rings (SSSR count). The minimum atomic E-state index is -0.656. The zero-order valence-electron chi connectivity index (χ0n) is 15.4. The summed E-state index contributed by atoms with van der Waals surface area (Å²) < 4.78 is 0. The molecule has 1 aromatic carbocycles. The summed E-state index contributed by atoms with van der Waals surface area (Å²) in [6, 6.07) is 12.5. The maximum atomic E-state index is 12.4. The largest absolute Gasteiger partial charge is 0.369 e. The Morgan fingerprint density at radius 2 is 1.96 bits per heavy atom. The van der Waals surface area contributed by atoms with E-state index in [0.29, 0.717) is 38.3 Å². The molecule has 0 bridgehead atoms. The van der Waals surface area contributed by atoms with Gasteiger partial charge in [-0.25, -0.2) is 0 Å². The van der Waals surface area contributed by atoms with Gasteiger partial charge < -0.3 is 10.6 Å². The highest BCUT2D eigenvalue weighted by atomic mass is 32.1. The van der Waals surface area contributed by atoms with Crippen molar-refractivity contribution in [2.75, 3.05) is 13.1 Å². The van der Waals surface area contributed by atoms with Gasteiger partial charge in [-0.15, -0.1) is 11.3 Å². The Morgan fingerprint density at radius 1 is 1.23 bits per heavy atom. The van der Waals surface area contributed by atoms with Crippen molar-refractivity contribution in [3.05, 3.63) is 47.3 Å². The van der Waals surface area contributed by atoms with Gasteiger partial charge in [-0.2, -0.15) is 0 Å². The molecule has 5 heteroatoms. The van der Waals surface area contributed by atoms with E-state index in [0.717, 1.165) is 5.56 Å². The van der Waals surface area contributed by atoms with Crippen molar-refractivity contribution in [1.82, 2.24) is 4.90 Å². The van der Waals surface area contributed by atoms with Gasteiger partial charge in [0.25, 0.3) is 0 Å². The number of benzene rings is 1. The van der Waals surface area contributed by atoms with E-state index in [9.17, 15) is 9.59 Å².